The van der Waals surface area contributed by atoms with Gasteiger partial charge in [-0.2, -0.15) is 0 Å². The van der Waals surface area contributed by atoms with Gasteiger partial charge in [-0.3, -0.25) is 10.1 Å². The summed E-state index contributed by atoms with van der Waals surface area (Å²) in [6.45, 7) is 8.01. The van der Waals surface area contributed by atoms with E-state index in [4.69, 9.17) is 15.2 Å². The minimum atomic E-state index is -3.71. The molecule has 2 heterocycles. The van der Waals surface area contributed by atoms with Crippen molar-refractivity contribution >= 4 is 49.8 Å². The molecule has 12 nitrogen and oxygen atoms in total. The van der Waals surface area contributed by atoms with Gasteiger partial charge in [0.25, 0.3) is 0 Å². The predicted octanol–water partition coefficient (Wildman–Crippen LogP) is 6.40. The number of hydrogen-bond acceptors (Lipinski definition) is 9. The van der Waals surface area contributed by atoms with E-state index in [1.54, 1.807) is 30.2 Å². The number of anilines is 3. The van der Waals surface area contributed by atoms with Gasteiger partial charge in [0.1, 0.15) is 11.9 Å². The number of aromatic nitrogens is 1. The molecule has 4 aromatic rings. The first-order valence-electron chi connectivity index (χ1n) is 15.9. The molecule has 5 N–H and O–H groups in total. The number of pyridine rings is 1. The number of hydrogen-bond donors (Lipinski definition) is 4. The summed E-state index contributed by atoms with van der Waals surface area (Å²) in [6.07, 6.45) is 1.36. The van der Waals surface area contributed by atoms with Gasteiger partial charge < -0.3 is 30.5 Å². The highest BCUT2D eigenvalue weighted by molar-refractivity contribution is 7.91. The van der Waals surface area contributed by atoms with E-state index >= 15 is 0 Å². The van der Waals surface area contributed by atoms with E-state index in [0.29, 0.717) is 60.1 Å². The standard InChI is InChI=1S/C35H41N5O7S/c1-5-46-30-19-23(9-13-29(30)47-21(3)4)32(38-24-10-12-26-22(18-24)15-16-37-33(26)36)34(41)40-17-7-8-28(40)27-20-25(39-35(42)43)11-14-31(27)48(44,45)6-2/h9-16,18-21,28,32,38-39H,5-8,17H2,1-4H3,(H2,36,37)(H,42,43)/t28-,32-/m1/s1. The van der Waals surface area contributed by atoms with Crippen molar-refractivity contribution in [2.24, 2.45) is 0 Å². The molecule has 1 aliphatic heterocycles. The first-order chi connectivity index (χ1) is 22.9. The minimum Gasteiger partial charge on any atom is -0.490 e. The maximum atomic E-state index is 14.8. The van der Waals surface area contributed by atoms with Crippen molar-refractivity contribution in [3.63, 3.8) is 0 Å². The monoisotopic (exact) mass is 675 g/mol. The van der Waals surface area contributed by atoms with Crippen LogP contribution in [0.1, 0.15) is 63.7 Å². The third-order valence-electron chi connectivity index (χ3n) is 8.19. The van der Waals surface area contributed by atoms with Crippen molar-refractivity contribution in [1.29, 1.82) is 0 Å². The Kier molecular flexibility index (Phi) is 10.3. The Labute approximate surface area is 280 Å². The summed E-state index contributed by atoms with van der Waals surface area (Å²) in [4.78, 5) is 32.1. The molecule has 0 spiro atoms. The summed E-state index contributed by atoms with van der Waals surface area (Å²) < 4.78 is 38.4. The first-order valence-corrected chi connectivity index (χ1v) is 17.6. The minimum absolute atomic E-state index is 0.0738. The van der Waals surface area contributed by atoms with Crippen LogP contribution in [0.25, 0.3) is 10.8 Å². The van der Waals surface area contributed by atoms with Crippen LogP contribution in [0.2, 0.25) is 0 Å². The van der Waals surface area contributed by atoms with Gasteiger partial charge in [-0.15, -0.1) is 0 Å². The van der Waals surface area contributed by atoms with Crippen molar-refractivity contribution in [2.75, 3.05) is 35.3 Å². The maximum absolute atomic E-state index is 14.8. The van der Waals surface area contributed by atoms with Crippen LogP contribution in [0.15, 0.2) is 71.8 Å². The van der Waals surface area contributed by atoms with Crippen LogP contribution in [0, 0.1) is 0 Å². The number of ether oxygens (including phenoxy) is 2. The van der Waals surface area contributed by atoms with E-state index in [0.717, 1.165) is 10.8 Å². The predicted molar refractivity (Wildman–Crippen MR) is 185 cm³/mol. The summed E-state index contributed by atoms with van der Waals surface area (Å²) in [5.74, 6) is 0.993. The Hall–Kier alpha value is -5.04. The molecule has 1 fully saturated rings. The fourth-order valence-corrected chi connectivity index (χ4v) is 7.18. The van der Waals surface area contributed by atoms with Crippen molar-refractivity contribution in [3.8, 4) is 11.5 Å². The van der Waals surface area contributed by atoms with Crippen LogP contribution in [0.4, 0.5) is 22.0 Å². The Balaban J connectivity index is 1.60. The lowest BCUT2D eigenvalue weighted by atomic mass is 10.00. The maximum Gasteiger partial charge on any atom is 0.409 e. The van der Waals surface area contributed by atoms with Crippen molar-refractivity contribution in [1.82, 2.24) is 9.88 Å². The molecule has 48 heavy (non-hydrogen) atoms. The number of carboxylic acid groups (broad SMARTS) is 1. The second-order valence-corrected chi connectivity index (χ2v) is 14.0. The van der Waals surface area contributed by atoms with Gasteiger partial charge in [-0.1, -0.05) is 13.0 Å². The van der Waals surface area contributed by atoms with Gasteiger partial charge in [-0.25, -0.2) is 18.2 Å². The van der Waals surface area contributed by atoms with Gasteiger partial charge in [0.05, 0.1) is 29.4 Å². The van der Waals surface area contributed by atoms with E-state index in [9.17, 15) is 23.1 Å². The summed E-state index contributed by atoms with van der Waals surface area (Å²) in [7, 11) is -3.71. The van der Waals surface area contributed by atoms with E-state index in [-0.39, 0.29) is 28.3 Å². The van der Waals surface area contributed by atoms with Crippen LogP contribution < -0.4 is 25.8 Å². The number of sulfone groups is 1. The number of nitrogens with zero attached hydrogens (tertiary/aromatic N) is 2. The average molecular weight is 676 g/mol. The Morgan fingerprint density at radius 1 is 1.04 bits per heavy atom. The number of amides is 2. The number of carbonyl (C=O) groups is 2. The topological polar surface area (TPSA) is 173 Å². The molecule has 1 saturated heterocycles. The van der Waals surface area contributed by atoms with E-state index in [1.165, 1.54) is 18.2 Å². The molecule has 3 aromatic carbocycles. The smallest absolute Gasteiger partial charge is 0.409 e. The highest BCUT2D eigenvalue weighted by Crippen LogP contribution is 2.41. The molecule has 2 atom stereocenters. The van der Waals surface area contributed by atoms with E-state index in [1.807, 2.05) is 51.1 Å². The lowest BCUT2D eigenvalue weighted by Gasteiger charge is -2.31. The number of likely N-dealkylation sites (tertiary alicyclic amines) is 1. The molecule has 2 amide bonds. The van der Waals surface area contributed by atoms with Crippen LogP contribution in [0.3, 0.4) is 0 Å². The van der Waals surface area contributed by atoms with Crippen LogP contribution in [0.5, 0.6) is 11.5 Å². The summed E-state index contributed by atoms with van der Waals surface area (Å²) in [6, 6.07) is 15.6. The molecule has 0 saturated carbocycles. The fourth-order valence-electron chi connectivity index (χ4n) is 6.04. The third-order valence-corrected chi connectivity index (χ3v) is 9.99. The van der Waals surface area contributed by atoms with Gasteiger partial charge in [0, 0.05) is 29.5 Å². The Bertz CT molecular complexity index is 1930. The highest BCUT2D eigenvalue weighted by atomic mass is 32.2. The second-order valence-electron chi connectivity index (χ2n) is 11.8. The van der Waals surface area contributed by atoms with Crippen molar-refractivity contribution < 1.29 is 32.6 Å². The molecule has 0 unspecified atom stereocenters. The van der Waals surface area contributed by atoms with Crippen molar-refractivity contribution in [2.45, 2.75) is 63.6 Å². The zero-order chi connectivity index (χ0) is 34.6. The number of fused-ring (bicyclic) bond motifs is 1. The average Bonchev–Trinajstić information content (AvgIpc) is 3.54. The summed E-state index contributed by atoms with van der Waals surface area (Å²) in [5, 5.41) is 16.7. The van der Waals surface area contributed by atoms with Gasteiger partial charge in [0.15, 0.2) is 21.3 Å². The normalized spacial score (nSPS) is 15.4. The summed E-state index contributed by atoms with van der Waals surface area (Å²) in [5.41, 5.74) is 7.94. The number of carbonyl (C=O) groups excluding carboxylic acids is 1. The lowest BCUT2D eigenvalue weighted by Crippen LogP contribution is -2.38. The Morgan fingerprint density at radius 3 is 2.52 bits per heavy atom. The fraction of sp³-hybridized carbons (Fsp3) is 0.343. The second kappa shape index (κ2) is 14.4. The molecule has 0 aliphatic carbocycles. The van der Waals surface area contributed by atoms with Crippen LogP contribution in [-0.2, 0) is 14.6 Å². The largest absolute Gasteiger partial charge is 0.490 e. The number of nitrogens with two attached hydrogens (primary N) is 1. The van der Waals surface area contributed by atoms with Gasteiger partial charge in [0.2, 0.25) is 5.91 Å². The third kappa shape index (κ3) is 7.41. The molecular weight excluding hydrogens is 634 g/mol. The van der Waals surface area contributed by atoms with Crippen molar-refractivity contribution in [3.05, 3.63) is 78.0 Å². The molecule has 5 rings (SSSR count). The SMILES string of the molecule is CCOc1cc([C@@H](Nc2ccc3c(N)nccc3c2)C(=O)N2CCC[C@@H]2c2cc(NC(=O)O)ccc2S(=O)(=O)CC)ccc1OC(C)C. The number of benzene rings is 3. The molecule has 0 bridgehead atoms. The van der Waals surface area contributed by atoms with E-state index < -0.39 is 28.0 Å². The number of nitrogens with one attached hydrogen (secondary N) is 2. The quantitative estimate of drug-likeness (QED) is 0.132. The molecule has 1 aliphatic rings. The van der Waals surface area contributed by atoms with Gasteiger partial charge in [-0.05, 0) is 105 Å². The first kappa shape index (κ1) is 34.3. The molecule has 13 heteroatoms. The molecule has 1 aromatic heterocycles. The summed E-state index contributed by atoms with van der Waals surface area (Å²) >= 11 is 0. The molecular formula is C35H41N5O7S. The van der Waals surface area contributed by atoms with Crippen LogP contribution >= 0.6 is 0 Å². The zero-order valence-corrected chi connectivity index (χ0v) is 28.2. The number of rotatable bonds is 12. The molecule has 0 radical (unpaired) electrons. The van der Waals surface area contributed by atoms with Gasteiger partial charge >= 0.3 is 6.09 Å². The lowest BCUT2D eigenvalue weighted by molar-refractivity contribution is -0.133. The van der Waals surface area contributed by atoms with Crippen LogP contribution in [-0.4, -0.2) is 60.4 Å². The Morgan fingerprint density at radius 2 is 1.81 bits per heavy atom. The highest BCUT2D eigenvalue weighted by Gasteiger charge is 2.37. The molecule has 254 valence electrons. The zero-order valence-electron chi connectivity index (χ0n) is 27.4. The number of nitrogen functional groups attached to an aromatic ring is 1. The van der Waals surface area contributed by atoms with E-state index in [2.05, 4.69) is 15.6 Å².